The minimum absolute atomic E-state index is 0.149. The molecule has 27 heavy (non-hydrogen) atoms. The van der Waals surface area contributed by atoms with Crippen molar-refractivity contribution in [1.82, 2.24) is 10.6 Å². The molecule has 3 atom stereocenters. The first kappa shape index (κ1) is 22.6. The zero-order chi connectivity index (χ0) is 20.4. The Morgan fingerprint density at radius 1 is 1.11 bits per heavy atom. The van der Waals surface area contributed by atoms with Gasteiger partial charge in [0.15, 0.2) is 0 Å². The lowest BCUT2D eigenvalue weighted by molar-refractivity contribution is -0.126. The molecule has 0 aliphatic rings. The van der Waals surface area contributed by atoms with Crippen LogP contribution in [0.2, 0.25) is 0 Å². The number of carbonyl (C=O) groups excluding carboxylic acids is 3. The molecule has 0 heterocycles. The van der Waals surface area contributed by atoms with Crippen molar-refractivity contribution in [3.8, 4) is 0 Å². The zero-order valence-corrected chi connectivity index (χ0v) is 16.2. The summed E-state index contributed by atoms with van der Waals surface area (Å²) in [5, 5.41) is 15.5. The molecule has 1 unspecified atom stereocenters. The molecular weight excluding hydrogens is 346 g/mol. The number of amides is 3. The van der Waals surface area contributed by atoms with Gasteiger partial charge >= 0.3 is 0 Å². The first-order valence-corrected chi connectivity index (χ1v) is 9.11. The van der Waals surface area contributed by atoms with Gasteiger partial charge in [0.05, 0.1) is 6.10 Å². The van der Waals surface area contributed by atoms with Crippen LogP contribution in [-0.4, -0.2) is 43.0 Å². The molecule has 7 heteroatoms. The summed E-state index contributed by atoms with van der Waals surface area (Å²) in [7, 11) is 3.13. The SMILES string of the molecule is CNC(=O)c1ccc(C[CH][C@H](O)C[C@@H](CCC(C)C(N)=O)C(=O)NC)cc1. The molecule has 5 N–H and O–H groups in total. The second-order valence-electron chi connectivity index (χ2n) is 6.71. The Morgan fingerprint density at radius 2 is 1.74 bits per heavy atom. The summed E-state index contributed by atoms with van der Waals surface area (Å²) in [6.07, 6.45) is 2.77. The second kappa shape index (κ2) is 11.3. The molecule has 1 radical (unpaired) electrons. The van der Waals surface area contributed by atoms with Crippen LogP contribution in [-0.2, 0) is 16.0 Å². The molecule has 0 aliphatic carbocycles. The van der Waals surface area contributed by atoms with Crippen LogP contribution in [0.5, 0.6) is 0 Å². The molecule has 1 rings (SSSR count). The van der Waals surface area contributed by atoms with Crippen molar-refractivity contribution in [2.45, 2.75) is 38.7 Å². The maximum absolute atomic E-state index is 12.0. The number of aliphatic hydroxyl groups excluding tert-OH is 1. The summed E-state index contributed by atoms with van der Waals surface area (Å²) < 4.78 is 0. The number of benzene rings is 1. The van der Waals surface area contributed by atoms with Gasteiger partial charge in [0.2, 0.25) is 11.8 Å². The number of hydrogen-bond acceptors (Lipinski definition) is 4. The van der Waals surface area contributed by atoms with Gasteiger partial charge in [0.25, 0.3) is 5.91 Å². The fourth-order valence-electron chi connectivity index (χ4n) is 2.75. The van der Waals surface area contributed by atoms with Gasteiger partial charge in [0, 0.05) is 31.5 Å². The number of aliphatic hydroxyl groups is 1. The summed E-state index contributed by atoms with van der Waals surface area (Å²) in [4.78, 5) is 34.7. The normalized spacial score (nSPS) is 14.1. The van der Waals surface area contributed by atoms with Crippen molar-refractivity contribution < 1.29 is 19.5 Å². The van der Waals surface area contributed by atoms with Crippen LogP contribution < -0.4 is 16.4 Å². The summed E-state index contributed by atoms with van der Waals surface area (Å²) in [5.41, 5.74) is 6.80. The number of nitrogens with one attached hydrogen (secondary N) is 2. The third-order valence-corrected chi connectivity index (χ3v) is 4.65. The number of rotatable bonds is 11. The fraction of sp³-hybridized carbons (Fsp3) is 0.500. The molecule has 0 saturated heterocycles. The molecule has 3 amide bonds. The van der Waals surface area contributed by atoms with E-state index in [0.717, 1.165) is 5.56 Å². The Balaban J connectivity index is 2.55. The van der Waals surface area contributed by atoms with E-state index >= 15 is 0 Å². The molecular formula is C20H30N3O4. The summed E-state index contributed by atoms with van der Waals surface area (Å²) >= 11 is 0. The minimum atomic E-state index is -0.755. The van der Waals surface area contributed by atoms with Gasteiger partial charge in [-0.25, -0.2) is 0 Å². The Kier molecular flexibility index (Phi) is 9.50. The van der Waals surface area contributed by atoms with E-state index in [1.54, 1.807) is 39.6 Å². The predicted octanol–water partition coefficient (Wildman–Crippen LogP) is 0.808. The van der Waals surface area contributed by atoms with E-state index in [0.29, 0.717) is 24.8 Å². The summed E-state index contributed by atoms with van der Waals surface area (Å²) in [5.74, 6) is -1.40. The van der Waals surface area contributed by atoms with Crippen molar-refractivity contribution in [3.63, 3.8) is 0 Å². The van der Waals surface area contributed by atoms with E-state index in [9.17, 15) is 19.5 Å². The maximum atomic E-state index is 12.0. The van der Waals surface area contributed by atoms with Crippen molar-refractivity contribution in [2.75, 3.05) is 14.1 Å². The first-order valence-electron chi connectivity index (χ1n) is 9.11. The van der Waals surface area contributed by atoms with E-state index in [1.165, 1.54) is 0 Å². The van der Waals surface area contributed by atoms with Gasteiger partial charge in [-0.2, -0.15) is 0 Å². The molecule has 149 valence electrons. The maximum Gasteiger partial charge on any atom is 0.251 e. The van der Waals surface area contributed by atoms with Crippen LogP contribution in [0.4, 0.5) is 0 Å². The van der Waals surface area contributed by atoms with Crippen molar-refractivity contribution >= 4 is 17.7 Å². The molecule has 0 aromatic heterocycles. The highest BCUT2D eigenvalue weighted by Gasteiger charge is 2.23. The first-order chi connectivity index (χ1) is 12.8. The van der Waals surface area contributed by atoms with Crippen LogP contribution in [0, 0.1) is 18.3 Å². The van der Waals surface area contributed by atoms with Gasteiger partial charge in [-0.3, -0.25) is 14.4 Å². The van der Waals surface area contributed by atoms with Crippen molar-refractivity contribution in [2.24, 2.45) is 17.6 Å². The van der Waals surface area contributed by atoms with Crippen LogP contribution in [0.15, 0.2) is 24.3 Å². The molecule has 0 spiro atoms. The second-order valence-corrected chi connectivity index (χ2v) is 6.71. The topological polar surface area (TPSA) is 122 Å². The standard InChI is InChI=1S/C20H30N3O4/c1-13(18(21)25)4-8-16(20(27)23-3)12-17(24)11-7-14-5-9-15(10-6-14)19(26)22-2/h5-6,9-11,13,16-17,24H,4,7-8,12H2,1-3H3,(H2,21,25)(H,22,26)(H,23,27)/t13?,16-,17+/m1/s1. The van der Waals surface area contributed by atoms with Gasteiger partial charge in [-0.15, -0.1) is 0 Å². The van der Waals surface area contributed by atoms with Gasteiger partial charge in [0.1, 0.15) is 0 Å². The lowest BCUT2D eigenvalue weighted by atomic mass is 9.89. The number of hydrogen-bond donors (Lipinski definition) is 4. The zero-order valence-electron chi connectivity index (χ0n) is 16.2. The van der Waals surface area contributed by atoms with E-state index in [-0.39, 0.29) is 24.2 Å². The van der Waals surface area contributed by atoms with E-state index in [1.807, 2.05) is 12.1 Å². The van der Waals surface area contributed by atoms with Gasteiger partial charge in [-0.05, 0) is 49.8 Å². The smallest absolute Gasteiger partial charge is 0.251 e. The Morgan fingerprint density at radius 3 is 2.26 bits per heavy atom. The minimum Gasteiger partial charge on any atom is -0.393 e. The third kappa shape index (κ3) is 7.78. The molecule has 1 aromatic rings. The van der Waals surface area contributed by atoms with E-state index in [4.69, 9.17) is 5.73 Å². The average Bonchev–Trinajstić information content (AvgIpc) is 2.68. The third-order valence-electron chi connectivity index (χ3n) is 4.65. The molecule has 0 bridgehead atoms. The molecule has 0 saturated carbocycles. The Labute approximate surface area is 160 Å². The molecule has 0 fully saturated rings. The van der Waals surface area contributed by atoms with E-state index in [2.05, 4.69) is 10.6 Å². The van der Waals surface area contributed by atoms with Crippen LogP contribution in [0.25, 0.3) is 0 Å². The van der Waals surface area contributed by atoms with Crippen molar-refractivity contribution in [1.29, 1.82) is 0 Å². The Hall–Kier alpha value is -2.41. The number of primary amides is 1. The van der Waals surface area contributed by atoms with Crippen LogP contribution >= 0.6 is 0 Å². The number of carbonyl (C=O) groups is 3. The quantitative estimate of drug-likeness (QED) is 0.456. The fourth-order valence-corrected chi connectivity index (χ4v) is 2.75. The highest BCUT2D eigenvalue weighted by molar-refractivity contribution is 5.93. The van der Waals surface area contributed by atoms with Gasteiger partial charge in [-0.1, -0.05) is 19.1 Å². The highest BCUT2D eigenvalue weighted by atomic mass is 16.3. The summed E-state index contributed by atoms with van der Waals surface area (Å²) in [6, 6.07) is 7.12. The van der Waals surface area contributed by atoms with Gasteiger partial charge < -0.3 is 21.5 Å². The molecule has 7 nitrogen and oxygen atoms in total. The van der Waals surface area contributed by atoms with Crippen LogP contribution in [0.3, 0.4) is 0 Å². The predicted molar refractivity (Wildman–Crippen MR) is 104 cm³/mol. The largest absolute Gasteiger partial charge is 0.393 e. The Bertz CT molecular complexity index is 631. The monoisotopic (exact) mass is 376 g/mol. The lowest BCUT2D eigenvalue weighted by Crippen LogP contribution is -2.31. The summed E-state index contributed by atoms with van der Waals surface area (Å²) in [6.45, 7) is 1.73. The molecule has 0 aliphatic heterocycles. The molecule has 1 aromatic carbocycles. The van der Waals surface area contributed by atoms with E-state index < -0.39 is 17.9 Å². The highest BCUT2D eigenvalue weighted by Crippen LogP contribution is 2.20. The lowest BCUT2D eigenvalue weighted by Gasteiger charge is -2.20. The van der Waals surface area contributed by atoms with Crippen molar-refractivity contribution in [3.05, 3.63) is 41.8 Å². The average molecular weight is 376 g/mol. The number of nitrogens with two attached hydrogens (primary N) is 1. The van der Waals surface area contributed by atoms with Crippen LogP contribution in [0.1, 0.15) is 42.1 Å².